The summed E-state index contributed by atoms with van der Waals surface area (Å²) in [5.74, 6) is 2.46. The molecule has 8 heteroatoms. The number of aliphatic imine (C=N–C) groups is 1. The Morgan fingerprint density at radius 3 is 2.91 bits per heavy atom. The number of ether oxygens (including phenoxy) is 1. The third-order valence-corrected chi connectivity index (χ3v) is 7.61. The molecule has 2 amide bonds. The van der Waals surface area contributed by atoms with Crippen LogP contribution in [0.2, 0.25) is 0 Å². The molecule has 0 radical (unpaired) electrons. The predicted molar refractivity (Wildman–Crippen MR) is 131 cm³/mol. The van der Waals surface area contributed by atoms with Crippen LogP contribution in [-0.4, -0.2) is 48.0 Å². The number of carbonyl (C=O) groups excluding carboxylic acids is 2. The second kappa shape index (κ2) is 10.8. The van der Waals surface area contributed by atoms with Gasteiger partial charge < -0.3 is 15.0 Å². The molecule has 0 aromatic heterocycles. The van der Waals surface area contributed by atoms with E-state index in [9.17, 15) is 9.59 Å². The minimum Gasteiger partial charge on any atom is -0.493 e. The molecule has 184 valence electrons. The number of guanidine groups is 1. The monoisotopic (exact) mass is 467 g/mol. The van der Waals surface area contributed by atoms with Crippen molar-refractivity contribution in [2.45, 2.75) is 89.4 Å². The maximum atomic E-state index is 12.4. The minimum atomic E-state index is -0.0180. The number of piperidine rings is 1. The largest absolute Gasteiger partial charge is 0.493 e. The second-order valence-corrected chi connectivity index (χ2v) is 10.1. The van der Waals surface area contributed by atoms with Gasteiger partial charge in [0.05, 0.1) is 25.0 Å². The van der Waals surface area contributed by atoms with Gasteiger partial charge in [0, 0.05) is 18.0 Å². The fourth-order valence-electron chi connectivity index (χ4n) is 5.78. The number of nitrogens with one attached hydrogen (secondary N) is 3. The lowest BCUT2D eigenvalue weighted by Crippen LogP contribution is -2.56. The highest BCUT2D eigenvalue weighted by Gasteiger charge is 2.32. The Balaban J connectivity index is 0.966. The number of amides is 2. The van der Waals surface area contributed by atoms with Gasteiger partial charge in [-0.3, -0.25) is 20.2 Å². The average Bonchev–Trinajstić information content (AvgIpc) is 3.20. The molecule has 4 aliphatic rings. The molecule has 0 spiro atoms. The summed E-state index contributed by atoms with van der Waals surface area (Å²) in [4.78, 5) is 30.5. The quantitative estimate of drug-likeness (QED) is 0.484. The van der Waals surface area contributed by atoms with E-state index in [1.807, 2.05) is 23.1 Å². The zero-order chi connectivity index (χ0) is 23.3. The average molecular weight is 468 g/mol. The van der Waals surface area contributed by atoms with Crippen molar-refractivity contribution < 1.29 is 14.3 Å². The molecule has 3 heterocycles. The van der Waals surface area contributed by atoms with E-state index in [2.05, 4.69) is 20.9 Å². The topological polar surface area (TPSA) is 95.1 Å². The van der Waals surface area contributed by atoms with E-state index < -0.39 is 0 Å². The number of hydrogen-bond donors (Lipinski definition) is 3. The number of benzene rings is 1. The third-order valence-electron chi connectivity index (χ3n) is 7.61. The molecule has 1 aromatic carbocycles. The van der Waals surface area contributed by atoms with E-state index in [1.165, 1.54) is 32.1 Å². The van der Waals surface area contributed by atoms with Gasteiger partial charge in [0.2, 0.25) is 17.8 Å². The predicted octanol–water partition coefficient (Wildman–Crippen LogP) is 3.33. The fourth-order valence-corrected chi connectivity index (χ4v) is 5.78. The maximum absolute atomic E-state index is 12.4. The Kier molecular flexibility index (Phi) is 7.33. The molecule has 2 saturated heterocycles. The maximum Gasteiger partial charge on any atom is 0.246 e. The Bertz CT molecular complexity index is 933. The first-order valence-electron chi connectivity index (χ1n) is 13.1. The first-order valence-corrected chi connectivity index (χ1v) is 13.1. The van der Waals surface area contributed by atoms with Gasteiger partial charge in [0.15, 0.2) is 0 Å². The van der Waals surface area contributed by atoms with Crippen molar-refractivity contribution in [3.63, 3.8) is 0 Å². The molecule has 3 atom stereocenters. The van der Waals surface area contributed by atoms with Crippen LogP contribution in [-0.2, 0) is 16.1 Å². The molecule has 5 rings (SSSR count). The zero-order valence-corrected chi connectivity index (χ0v) is 20.0. The molecule has 1 saturated carbocycles. The summed E-state index contributed by atoms with van der Waals surface area (Å²) in [5, 5.41) is 9.68. The van der Waals surface area contributed by atoms with Crippen molar-refractivity contribution >= 4 is 23.5 Å². The lowest BCUT2D eigenvalue weighted by atomic mass is 9.79. The summed E-state index contributed by atoms with van der Waals surface area (Å²) in [6.07, 6.45) is 12.3. The Morgan fingerprint density at radius 2 is 1.97 bits per heavy atom. The normalized spacial score (nSPS) is 25.5. The van der Waals surface area contributed by atoms with Gasteiger partial charge in [0.1, 0.15) is 12.3 Å². The summed E-state index contributed by atoms with van der Waals surface area (Å²) >= 11 is 0. The molecule has 1 aliphatic carbocycles. The summed E-state index contributed by atoms with van der Waals surface area (Å²) in [7, 11) is 0. The van der Waals surface area contributed by atoms with Crippen LogP contribution in [0, 0.1) is 5.92 Å². The highest BCUT2D eigenvalue weighted by molar-refractivity contribution is 6.05. The van der Waals surface area contributed by atoms with E-state index in [4.69, 9.17) is 4.74 Å². The molecule has 3 N–H and O–H groups in total. The van der Waals surface area contributed by atoms with Crippen molar-refractivity contribution in [3.8, 4) is 5.75 Å². The lowest BCUT2D eigenvalue weighted by Gasteiger charge is -2.40. The number of hydrogen-bond acceptors (Lipinski definition) is 6. The summed E-state index contributed by atoms with van der Waals surface area (Å²) < 4.78 is 6.06. The van der Waals surface area contributed by atoms with E-state index in [-0.39, 0.29) is 18.0 Å². The highest BCUT2D eigenvalue weighted by Crippen LogP contribution is 2.34. The van der Waals surface area contributed by atoms with E-state index in [0.717, 1.165) is 55.0 Å². The number of fused-ring (bicyclic) bond motifs is 3. The second-order valence-electron chi connectivity index (χ2n) is 10.1. The van der Waals surface area contributed by atoms with Gasteiger partial charge in [-0.15, -0.1) is 0 Å². The van der Waals surface area contributed by atoms with Crippen molar-refractivity contribution in [3.05, 3.63) is 23.8 Å². The molecule has 3 unspecified atom stereocenters. The standard InChI is InChI=1S/C26H37N5O3/c32-24(29-23-14-13-18-8-4-5-9-20(18)27-23)12-3-1-2-6-15-34-22-11-7-10-21-19(22)16-31-17-25(33)30-26(31)28-21/h7,10-11,18,20,23,27H,1-6,8-9,12-17H2,(H,29,32)(H,28,30,33). The van der Waals surface area contributed by atoms with Gasteiger partial charge in [-0.25, -0.2) is 4.99 Å². The first kappa shape index (κ1) is 23.1. The number of rotatable bonds is 9. The van der Waals surface area contributed by atoms with Crippen molar-refractivity contribution in [2.24, 2.45) is 10.9 Å². The van der Waals surface area contributed by atoms with Crippen LogP contribution in [0.3, 0.4) is 0 Å². The first-order chi connectivity index (χ1) is 16.7. The van der Waals surface area contributed by atoms with Crippen LogP contribution in [0.15, 0.2) is 23.2 Å². The van der Waals surface area contributed by atoms with Crippen molar-refractivity contribution in [2.75, 3.05) is 13.2 Å². The van der Waals surface area contributed by atoms with Crippen molar-refractivity contribution in [1.82, 2.24) is 20.9 Å². The SMILES string of the molecule is O=C1CN2Cc3c(cccc3OCCCCCCC(=O)NC3CCC4CCCCC4N3)N=C2N1. The van der Waals surface area contributed by atoms with Gasteiger partial charge in [-0.05, 0) is 56.6 Å². The summed E-state index contributed by atoms with van der Waals surface area (Å²) in [6.45, 7) is 1.62. The molecule has 3 fully saturated rings. The Morgan fingerprint density at radius 1 is 1.09 bits per heavy atom. The molecule has 3 aliphatic heterocycles. The van der Waals surface area contributed by atoms with Gasteiger partial charge in [0.25, 0.3) is 0 Å². The minimum absolute atomic E-state index is 0.0180. The highest BCUT2D eigenvalue weighted by atomic mass is 16.5. The van der Waals surface area contributed by atoms with Gasteiger partial charge in [-0.1, -0.05) is 31.7 Å². The van der Waals surface area contributed by atoms with E-state index in [1.54, 1.807) is 0 Å². The van der Waals surface area contributed by atoms with Crippen LogP contribution < -0.4 is 20.7 Å². The molecule has 8 nitrogen and oxygen atoms in total. The number of nitrogens with zero attached hydrogens (tertiary/aromatic N) is 2. The van der Waals surface area contributed by atoms with Crippen molar-refractivity contribution in [1.29, 1.82) is 0 Å². The van der Waals surface area contributed by atoms with Gasteiger partial charge >= 0.3 is 0 Å². The lowest BCUT2D eigenvalue weighted by molar-refractivity contribution is -0.122. The molecular weight excluding hydrogens is 430 g/mol. The van der Waals surface area contributed by atoms with E-state index >= 15 is 0 Å². The Labute approximate surface area is 201 Å². The van der Waals surface area contributed by atoms with Gasteiger partial charge in [-0.2, -0.15) is 0 Å². The van der Waals surface area contributed by atoms with Crippen LogP contribution in [0.1, 0.15) is 76.2 Å². The van der Waals surface area contributed by atoms with E-state index in [0.29, 0.717) is 38.1 Å². The van der Waals surface area contributed by atoms with Crippen LogP contribution in [0.25, 0.3) is 0 Å². The molecule has 0 bridgehead atoms. The smallest absolute Gasteiger partial charge is 0.246 e. The molecule has 1 aromatic rings. The molecule has 34 heavy (non-hydrogen) atoms. The third kappa shape index (κ3) is 5.54. The number of carbonyl (C=O) groups is 2. The van der Waals surface area contributed by atoms with Crippen LogP contribution in [0.4, 0.5) is 5.69 Å². The summed E-state index contributed by atoms with van der Waals surface area (Å²) in [6, 6.07) is 6.48. The number of unbranched alkanes of at least 4 members (excludes halogenated alkanes) is 3. The fraction of sp³-hybridized carbons (Fsp3) is 0.654. The van der Waals surface area contributed by atoms with Crippen LogP contribution >= 0.6 is 0 Å². The zero-order valence-electron chi connectivity index (χ0n) is 20.0. The molecular formula is C26H37N5O3. The summed E-state index contributed by atoms with van der Waals surface area (Å²) in [5.41, 5.74) is 1.90. The van der Waals surface area contributed by atoms with Crippen LogP contribution in [0.5, 0.6) is 5.75 Å². The Hall–Kier alpha value is -2.61.